The molecule has 0 radical (unpaired) electrons. The van der Waals surface area contributed by atoms with Crippen LogP contribution < -0.4 is 0 Å². The zero-order chi connectivity index (χ0) is 14.7. The number of aliphatic hydroxyl groups is 2. The summed E-state index contributed by atoms with van der Waals surface area (Å²) in [6.07, 6.45) is 1.12. The second-order valence-electron chi connectivity index (χ2n) is 5.34. The summed E-state index contributed by atoms with van der Waals surface area (Å²) in [6, 6.07) is 1.90. The lowest BCUT2D eigenvalue weighted by Crippen LogP contribution is -2.25. The molecule has 0 bridgehead atoms. The fourth-order valence-corrected chi connectivity index (χ4v) is 3.22. The third kappa shape index (κ3) is 3.49. The van der Waals surface area contributed by atoms with E-state index in [0.717, 1.165) is 50.4 Å². The molecule has 114 valence electrons. The van der Waals surface area contributed by atoms with Crippen molar-refractivity contribution in [3.05, 3.63) is 34.0 Å². The van der Waals surface area contributed by atoms with E-state index in [-0.39, 0.29) is 6.61 Å². The van der Waals surface area contributed by atoms with E-state index in [0.29, 0.717) is 5.69 Å². The highest BCUT2D eigenvalue weighted by Crippen LogP contribution is 2.18. The third-order valence-corrected chi connectivity index (χ3v) is 4.43. The van der Waals surface area contributed by atoms with Crippen molar-refractivity contribution in [2.24, 2.45) is 0 Å². The zero-order valence-corrected chi connectivity index (χ0v) is 12.7. The lowest BCUT2D eigenvalue weighted by molar-refractivity contribution is 0.0916. The molecular formula is C14H20N4O2S. The molecule has 2 N–H and O–H groups in total. The molecule has 21 heavy (non-hydrogen) atoms. The van der Waals surface area contributed by atoms with E-state index in [2.05, 4.69) is 20.4 Å². The maximum absolute atomic E-state index is 9.70. The molecule has 1 aliphatic heterocycles. The minimum absolute atomic E-state index is 0.288. The number of aliphatic hydroxyl groups excluding tert-OH is 2. The summed E-state index contributed by atoms with van der Waals surface area (Å²) < 4.78 is 1.96. The second kappa shape index (κ2) is 6.65. The summed E-state index contributed by atoms with van der Waals surface area (Å²) in [4.78, 5) is 6.72. The van der Waals surface area contributed by atoms with Crippen LogP contribution in [-0.4, -0.2) is 49.6 Å². The molecule has 2 aromatic heterocycles. The summed E-state index contributed by atoms with van der Waals surface area (Å²) in [5.74, 6) is 0. The first-order valence-corrected chi connectivity index (χ1v) is 8.15. The number of nitrogens with zero attached hydrogens (tertiary/aromatic N) is 4. The topological polar surface area (TPSA) is 74.4 Å². The molecule has 0 saturated carbocycles. The van der Waals surface area contributed by atoms with Crippen molar-refractivity contribution in [2.45, 2.75) is 32.0 Å². The minimum atomic E-state index is -0.882. The van der Waals surface area contributed by atoms with Gasteiger partial charge in [-0.3, -0.25) is 9.58 Å². The second-order valence-corrected chi connectivity index (χ2v) is 6.06. The van der Waals surface area contributed by atoms with Crippen LogP contribution >= 0.6 is 11.3 Å². The predicted octanol–water partition coefficient (Wildman–Crippen LogP) is 0.814. The van der Waals surface area contributed by atoms with Crippen LogP contribution in [0.4, 0.5) is 0 Å². The molecule has 0 spiro atoms. The molecule has 3 rings (SSSR count). The lowest BCUT2D eigenvalue weighted by atomic mass is 10.2. The number of fused-ring (bicyclic) bond motifs is 1. The van der Waals surface area contributed by atoms with Gasteiger partial charge in [0.15, 0.2) is 0 Å². The molecular weight excluding hydrogens is 288 g/mol. The van der Waals surface area contributed by atoms with Gasteiger partial charge in [-0.15, -0.1) is 11.3 Å². The Bertz CT molecular complexity index is 570. The molecule has 3 heterocycles. The SMILES string of the molecule is OCC(O)c1cc2n(n1)CCCN(CCc1cscn1)C2. The highest BCUT2D eigenvalue weighted by Gasteiger charge is 2.19. The number of hydrogen-bond acceptors (Lipinski definition) is 6. The largest absolute Gasteiger partial charge is 0.393 e. The van der Waals surface area contributed by atoms with Gasteiger partial charge in [0.05, 0.1) is 29.2 Å². The maximum atomic E-state index is 9.70. The first-order chi connectivity index (χ1) is 10.3. The zero-order valence-electron chi connectivity index (χ0n) is 11.9. The van der Waals surface area contributed by atoms with Gasteiger partial charge in [0.1, 0.15) is 6.10 Å². The molecule has 1 aliphatic rings. The molecule has 0 aromatic carbocycles. The fourth-order valence-electron chi connectivity index (χ4n) is 2.63. The van der Waals surface area contributed by atoms with E-state index < -0.39 is 6.10 Å². The van der Waals surface area contributed by atoms with Gasteiger partial charge in [-0.05, 0) is 12.5 Å². The van der Waals surface area contributed by atoms with Crippen LogP contribution in [0.25, 0.3) is 0 Å². The van der Waals surface area contributed by atoms with Gasteiger partial charge >= 0.3 is 0 Å². The Hall–Kier alpha value is -1.28. The minimum Gasteiger partial charge on any atom is -0.393 e. The first kappa shape index (κ1) is 14.6. The van der Waals surface area contributed by atoms with Crippen LogP contribution in [0.3, 0.4) is 0 Å². The molecule has 1 unspecified atom stereocenters. The van der Waals surface area contributed by atoms with Crippen LogP contribution in [0.15, 0.2) is 17.0 Å². The Balaban J connectivity index is 1.65. The summed E-state index contributed by atoms with van der Waals surface area (Å²) >= 11 is 1.63. The summed E-state index contributed by atoms with van der Waals surface area (Å²) in [7, 11) is 0. The number of rotatable bonds is 5. The van der Waals surface area contributed by atoms with Gasteiger partial charge in [-0.1, -0.05) is 0 Å². The van der Waals surface area contributed by atoms with Crippen molar-refractivity contribution in [3.63, 3.8) is 0 Å². The van der Waals surface area contributed by atoms with Crippen LogP contribution in [0.2, 0.25) is 0 Å². The monoisotopic (exact) mass is 308 g/mol. The van der Waals surface area contributed by atoms with Crippen LogP contribution in [0.1, 0.15) is 29.6 Å². The van der Waals surface area contributed by atoms with Crippen molar-refractivity contribution in [1.29, 1.82) is 0 Å². The van der Waals surface area contributed by atoms with Gasteiger partial charge in [0.2, 0.25) is 0 Å². The number of thiazole rings is 1. The standard InChI is InChI=1S/C14H20N4O2S/c19-8-14(20)13-6-12-7-17(3-1-4-18(12)16-13)5-2-11-9-21-10-15-11/h6,9-10,14,19-20H,1-5,7-8H2. The normalized spacial score (nSPS) is 17.4. The molecule has 0 amide bonds. The molecule has 0 aliphatic carbocycles. The maximum Gasteiger partial charge on any atom is 0.121 e. The van der Waals surface area contributed by atoms with E-state index in [9.17, 15) is 5.11 Å². The molecule has 2 aromatic rings. The smallest absolute Gasteiger partial charge is 0.121 e. The van der Waals surface area contributed by atoms with E-state index >= 15 is 0 Å². The van der Waals surface area contributed by atoms with Crippen LogP contribution in [-0.2, 0) is 19.5 Å². The van der Waals surface area contributed by atoms with Crippen molar-refractivity contribution in [2.75, 3.05) is 19.7 Å². The van der Waals surface area contributed by atoms with Crippen molar-refractivity contribution in [3.8, 4) is 0 Å². The number of aromatic nitrogens is 3. The number of aryl methyl sites for hydroxylation is 1. The van der Waals surface area contributed by atoms with Crippen molar-refractivity contribution < 1.29 is 10.2 Å². The molecule has 1 atom stereocenters. The van der Waals surface area contributed by atoms with Crippen molar-refractivity contribution in [1.82, 2.24) is 19.7 Å². The average Bonchev–Trinajstić information content (AvgIpc) is 3.11. The average molecular weight is 308 g/mol. The summed E-state index contributed by atoms with van der Waals surface area (Å²) in [5.41, 5.74) is 4.69. The van der Waals surface area contributed by atoms with Crippen LogP contribution in [0, 0.1) is 0 Å². The van der Waals surface area contributed by atoms with Crippen molar-refractivity contribution >= 4 is 11.3 Å². The molecule has 0 saturated heterocycles. The first-order valence-electron chi connectivity index (χ1n) is 7.21. The van der Waals surface area contributed by atoms with Crippen LogP contribution in [0.5, 0.6) is 0 Å². The van der Waals surface area contributed by atoms with Gasteiger partial charge in [-0.2, -0.15) is 5.10 Å². The Labute approximate surface area is 127 Å². The molecule has 0 fully saturated rings. The summed E-state index contributed by atoms with van der Waals surface area (Å²) in [6.45, 7) is 3.43. The van der Waals surface area contributed by atoms with E-state index in [1.165, 1.54) is 0 Å². The predicted molar refractivity (Wildman–Crippen MR) is 80.0 cm³/mol. The molecule has 6 nitrogen and oxygen atoms in total. The third-order valence-electron chi connectivity index (χ3n) is 3.79. The van der Waals surface area contributed by atoms with E-state index in [1.807, 2.05) is 16.3 Å². The summed E-state index contributed by atoms with van der Waals surface area (Å²) in [5, 5.41) is 25.2. The van der Waals surface area contributed by atoms with Gasteiger partial charge in [0.25, 0.3) is 0 Å². The highest BCUT2D eigenvalue weighted by atomic mass is 32.1. The molecule has 7 heteroatoms. The van der Waals surface area contributed by atoms with Gasteiger partial charge < -0.3 is 10.2 Å². The van der Waals surface area contributed by atoms with E-state index in [4.69, 9.17) is 5.11 Å². The Morgan fingerprint density at radius 2 is 2.29 bits per heavy atom. The number of hydrogen-bond donors (Lipinski definition) is 2. The highest BCUT2D eigenvalue weighted by molar-refractivity contribution is 7.07. The van der Waals surface area contributed by atoms with Gasteiger partial charge in [0, 0.05) is 38.0 Å². The Kier molecular flexibility index (Phi) is 4.64. The van der Waals surface area contributed by atoms with Gasteiger partial charge in [-0.25, -0.2) is 4.98 Å². The fraction of sp³-hybridized carbons (Fsp3) is 0.571. The Morgan fingerprint density at radius 3 is 3.05 bits per heavy atom. The quantitative estimate of drug-likeness (QED) is 0.855. The Morgan fingerprint density at radius 1 is 1.38 bits per heavy atom. The van der Waals surface area contributed by atoms with E-state index in [1.54, 1.807) is 11.3 Å². The lowest BCUT2D eigenvalue weighted by Gasteiger charge is -2.18.